The molecule has 1 amide bonds. The Labute approximate surface area is 134 Å². The zero-order valence-corrected chi connectivity index (χ0v) is 13.0. The molecule has 1 atom stereocenters. The van der Waals surface area contributed by atoms with Crippen LogP contribution in [0, 0.1) is 0 Å². The van der Waals surface area contributed by atoms with Crippen LogP contribution in [0.15, 0.2) is 54.6 Å². The normalized spacial score (nSPS) is 12.0. The molecule has 2 N–H and O–H groups in total. The third-order valence-corrected chi connectivity index (χ3v) is 3.55. The van der Waals surface area contributed by atoms with Gasteiger partial charge in [0, 0.05) is 0 Å². The number of benzene rings is 2. The number of ether oxygens (including phenoxy) is 1. The number of rotatable bonds is 6. The first-order valence-electron chi connectivity index (χ1n) is 7.69. The summed E-state index contributed by atoms with van der Waals surface area (Å²) in [5, 5.41) is 2.87. The van der Waals surface area contributed by atoms with Crippen LogP contribution >= 0.6 is 0 Å². The molecule has 0 aliphatic heterocycles. The maximum atomic E-state index is 12.3. The van der Waals surface area contributed by atoms with Crippen LogP contribution in [0.1, 0.15) is 19.2 Å². The molecule has 0 bridgehead atoms. The molecule has 1 unspecified atom stereocenters. The lowest BCUT2D eigenvalue weighted by atomic mass is 10.2. The Morgan fingerprint density at radius 3 is 2.65 bits per heavy atom. The molecule has 3 rings (SSSR count). The van der Waals surface area contributed by atoms with Crippen molar-refractivity contribution in [1.82, 2.24) is 15.3 Å². The summed E-state index contributed by atoms with van der Waals surface area (Å²) in [6.07, 6.45) is 0.0858. The highest BCUT2D eigenvalue weighted by Gasteiger charge is 2.18. The Bertz CT molecular complexity index is 750. The molecule has 0 aliphatic rings. The number of aromatic nitrogens is 2. The smallest absolute Gasteiger partial charge is 0.261 e. The fourth-order valence-electron chi connectivity index (χ4n) is 2.36. The molecule has 0 radical (unpaired) electrons. The predicted molar refractivity (Wildman–Crippen MR) is 89.1 cm³/mol. The third-order valence-electron chi connectivity index (χ3n) is 3.55. The van der Waals surface area contributed by atoms with E-state index in [0.29, 0.717) is 18.7 Å². The van der Waals surface area contributed by atoms with Gasteiger partial charge in [0.2, 0.25) is 0 Å². The Hall–Kier alpha value is -2.82. The summed E-state index contributed by atoms with van der Waals surface area (Å²) in [4.78, 5) is 19.9. The van der Waals surface area contributed by atoms with Crippen LogP contribution in [-0.4, -0.2) is 22.0 Å². The molecule has 0 spiro atoms. The molecule has 118 valence electrons. The second kappa shape index (κ2) is 6.96. The van der Waals surface area contributed by atoms with Crippen LogP contribution in [0.2, 0.25) is 0 Å². The summed E-state index contributed by atoms with van der Waals surface area (Å²) in [6, 6.07) is 17.1. The minimum Gasteiger partial charge on any atom is -0.481 e. The van der Waals surface area contributed by atoms with Gasteiger partial charge in [-0.25, -0.2) is 4.98 Å². The van der Waals surface area contributed by atoms with Crippen molar-refractivity contribution in [2.45, 2.75) is 26.0 Å². The standard InChI is InChI=1S/C18H19N3O2/c1-2-16(23-13-8-4-3-5-9-13)18(22)19-12-17-20-14-10-6-7-11-15(14)21-17/h3-11,16H,2,12H2,1H3,(H,19,22)(H,20,21). The molecule has 3 aromatic rings. The maximum Gasteiger partial charge on any atom is 0.261 e. The van der Waals surface area contributed by atoms with Gasteiger partial charge >= 0.3 is 0 Å². The zero-order valence-electron chi connectivity index (χ0n) is 13.0. The van der Waals surface area contributed by atoms with E-state index in [1.807, 2.05) is 61.5 Å². The number of imidazole rings is 1. The van der Waals surface area contributed by atoms with E-state index in [0.717, 1.165) is 16.9 Å². The van der Waals surface area contributed by atoms with E-state index in [2.05, 4.69) is 15.3 Å². The number of amides is 1. The second-order valence-corrected chi connectivity index (χ2v) is 5.25. The van der Waals surface area contributed by atoms with Crippen molar-refractivity contribution in [2.24, 2.45) is 0 Å². The van der Waals surface area contributed by atoms with Crippen molar-refractivity contribution in [2.75, 3.05) is 0 Å². The lowest BCUT2D eigenvalue weighted by Crippen LogP contribution is -2.37. The number of carbonyl (C=O) groups is 1. The van der Waals surface area contributed by atoms with Gasteiger partial charge in [-0.05, 0) is 30.7 Å². The largest absolute Gasteiger partial charge is 0.481 e. The van der Waals surface area contributed by atoms with E-state index in [1.54, 1.807) is 0 Å². The van der Waals surface area contributed by atoms with Crippen LogP contribution < -0.4 is 10.1 Å². The topological polar surface area (TPSA) is 67.0 Å². The summed E-state index contributed by atoms with van der Waals surface area (Å²) >= 11 is 0. The van der Waals surface area contributed by atoms with Gasteiger partial charge in [0.1, 0.15) is 11.6 Å². The van der Waals surface area contributed by atoms with Crippen LogP contribution in [0.4, 0.5) is 0 Å². The summed E-state index contributed by atoms with van der Waals surface area (Å²) in [5.41, 5.74) is 1.86. The molecule has 5 heteroatoms. The minimum atomic E-state index is -0.512. The van der Waals surface area contributed by atoms with Crippen molar-refractivity contribution in [3.8, 4) is 5.75 Å². The molecule has 1 heterocycles. The van der Waals surface area contributed by atoms with Gasteiger partial charge in [-0.15, -0.1) is 0 Å². The number of carbonyl (C=O) groups excluding carboxylic acids is 1. The van der Waals surface area contributed by atoms with Gasteiger partial charge in [0.15, 0.2) is 6.10 Å². The van der Waals surface area contributed by atoms with Crippen molar-refractivity contribution in [3.05, 3.63) is 60.4 Å². The van der Waals surface area contributed by atoms with E-state index in [9.17, 15) is 4.79 Å². The highest BCUT2D eigenvalue weighted by molar-refractivity contribution is 5.81. The Morgan fingerprint density at radius 2 is 1.91 bits per heavy atom. The van der Waals surface area contributed by atoms with Gasteiger partial charge in [-0.3, -0.25) is 4.79 Å². The number of nitrogens with zero attached hydrogens (tertiary/aromatic N) is 1. The van der Waals surface area contributed by atoms with Crippen molar-refractivity contribution >= 4 is 16.9 Å². The molecule has 5 nitrogen and oxygen atoms in total. The Kier molecular flexibility index (Phi) is 4.57. The van der Waals surface area contributed by atoms with Crippen LogP contribution in [0.25, 0.3) is 11.0 Å². The first-order valence-corrected chi connectivity index (χ1v) is 7.69. The summed E-state index contributed by atoms with van der Waals surface area (Å²) in [6.45, 7) is 2.27. The quantitative estimate of drug-likeness (QED) is 0.735. The molecule has 0 aliphatic carbocycles. The predicted octanol–water partition coefficient (Wildman–Crippen LogP) is 3.04. The molecule has 0 saturated heterocycles. The van der Waals surface area contributed by atoms with Crippen molar-refractivity contribution in [3.63, 3.8) is 0 Å². The zero-order chi connectivity index (χ0) is 16.1. The third kappa shape index (κ3) is 3.69. The van der Waals surface area contributed by atoms with E-state index >= 15 is 0 Å². The van der Waals surface area contributed by atoms with Gasteiger partial charge < -0.3 is 15.0 Å². The molecule has 0 saturated carbocycles. The van der Waals surface area contributed by atoms with E-state index < -0.39 is 6.10 Å². The number of hydrogen-bond acceptors (Lipinski definition) is 3. The number of H-pyrrole nitrogens is 1. The molecule has 2 aromatic carbocycles. The van der Waals surface area contributed by atoms with Crippen LogP contribution in [0.5, 0.6) is 5.75 Å². The molecular formula is C18H19N3O2. The van der Waals surface area contributed by atoms with Gasteiger partial charge in [-0.1, -0.05) is 37.3 Å². The number of para-hydroxylation sites is 3. The molecule has 1 aromatic heterocycles. The number of nitrogens with one attached hydrogen (secondary N) is 2. The SMILES string of the molecule is CCC(Oc1ccccc1)C(=O)NCc1nc2ccccc2[nH]1. The summed E-state index contributed by atoms with van der Waals surface area (Å²) in [5.74, 6) is 1.28. The Morgan fingerprint density at radius 1 is 1.17 bits per heavy atom. The van der Waals surface area contributed by atoms with E-state index in [-0.39, 0.29) is 5.91 Å². The fourth-order valence-corrected chi connectivity index (χ4v) is 2.36. The highest BCUT2D eigenvalue weighted by atomic mass is 16.5. The average molecular weight is 309 g/mol. The van der Waals surface area contributed by atoms with E-state index in [4.69, 9.17) is 4.74 Å². The summed E-state index contributed by atoms with van der Waals surface area (Å²) < 4.78 is 5.73. The lowest BCUT2D eigenvalue weighted by Gasteiger charge is -2.16. The number of hydrogen-bond donors (Lipinski definition) is 2. The van der Waals surface area contributed by atoms with Crippen LogP contribution in [0.3, 0.4) is 0 Å². The molecule has 0 fully saturated rings. The average Bonchev–Trinajstić information content (AvgIpc) is 3.01. The van der Waals surface area contributed by atoms with Gasteiger partial charge in [0.05, 0.1) is 17.6 Å². The van der Waals surface area contributed by atoms with E-state index in [1.165, 1.54) is 0 Å². The maximum absolute atomic E-state index is 12.3. The fraction of sp³-hybridized carbons (Fsp3) is 0.222. The minimum absolute atomic E-state index is 0.142. The molecular weight excluding hydrogens is 290 g/mol. The highest BCUT2D eigenvalue weighted by Crippen LogP contribution is 2.13. The first-order chi connectivity index (χ1) is 11.3. The number of aromatic amines is 1. The molecule has 23 heavy (non-hydrogen) atoms. The van der Waals surface area contributed by atoms with Crippen molar-refractivity contribution < 1.29 is 9.53 Å². The Balaban J connectivity index is 1.60. The second-order valence-electron chi connectivity index (χ2n) is 5.25. The van der Waals surface area contributed by atoms with Gasteiger partial charge in [-0.2, -0.15) is 0 Å². The number of fused-ring (bicyclic) bond motifs is 1. The first kappa shape index (κ1) is 15.1. The van der Waals surface area contributed by atoms with Gasteiger partial charge in [0.25, 0.3) is 5.91 Å². The summed E-state index contributed by atoms with van der Waals surface area (Å²) in [7, 11) is 0. The van der Waals surface area contributed by atoms with Crippen molar-refractivity contribution in [1.29, 1.82) is 0 Å². The monoisotopic (exact) mass is 309 g/mol. The lowest BCUT2D eigenvalue weighted by molar-refractivity contribution is -0.128. The van der Waals surface area contributed by atoms with Crippen LogP contribution in [-0.2, 0) is 11.3 Å².